The molecular formula is C21H22N2O3. The van der Waals surface area contributed by atoms with Crippen LogP contribution < -0.4 is 14.8 Å². The molecule has 5 heteroatoms. The van der Waals surface area contributed by atoms with Crippen LogP contribution in [0.2, 0.25) is 0 Å². The van der Waals surface area contributed by atoms with E-state index in [1.54, 1.807) is 25.3 Å². The lowest BCUT2D eigenvalue weighted by atomic mass is 10.1. The number of hydrogen-bond donors (Lipinski definition) is 1. The Kier molecular flexibility index (Phi) is 6.40. The maximum Gasteiger partial charge on any atom is 0.266 e. The summed E-state index contributed by atoms with van der Waals surface area (Å²) in [5.74, 6) is 0.719. The van der Waals surface area contributed by atoms with Gasteiger partial charge < -0.3 is 14.8 Å². The number of benzene rings is 2. The highest BCUT2D eigenvalue weighted by Crippen LogP contribution is 2.29. The fraction of sp³-hybridized carbons (Fsp3) is 0.238. The van der Waals surface area contributed by atoms with Crippen molar-refractivity contribution in [2.75, 3.05) is 19.0 Å². The van der Waals surface area contributed by atoms with Gasteiger partial charge in [-0.25, -0.2) is 0 Å². The van der Waals surface area contributed by atoms with Gasteiger partial charge in [0.15, 0.2) is 11.5 Å². The summed E-state index contributed by atoms with van der Waals surface area (Å²) in [6, 6.07) is 13.0. The van der Waals surface area contributed by atoms with Crippen LogP contribution in [0.4, 0.5) is 5.69 Å². The average Bonchev–Trinajstić information content (AvgIpc) is 2.63. The molecule has 0 bridgehead atoms. The number of methoxy groups -OCH3 is 1. The fourth-order valence-electron chi connectivity index (χ4n) is 2.56. The van der Waals surface area contributed by atoms with Crippen molar-refractivity contribution in [1.82, 2.24) is 0 Å². The minimum atomic E-state index is -0.447. The van der Waals surface area contributed by atoms with Gasteiger partial charge in [0.2, 0.25) is 0 Å². The Labute approximate surface area is 153 Å². The molecule has 0 aliphatic carbocycles. The lowest BCUT2D eigenvalue weighted by Crippen LogP contribution is -2.15. The summed E-state index contributed by atoms with van der Waals surface area (Å²) in [7, 11) is 1.55. The molecule has 134 valence electrons. The molecule has 5 nitrogen and oxygen atoms in total. The maximum atomic E-state index is 12.5. The lowest BCUT2D eigenvalue weighted by Gasteiger charge is -2.11. The highest BCUT2D eigenvalue weighted by atomic mass is 16.5. The van der Waals surface area contributed by atoms with Crippen molar-refractivity contribution in [3.8, 4) is 17.6 Å². The number of aryl methyl sites for hydroxylation is 2. The van der Waals surface area contributed by atoms with Gasteiger partial charge in [0, 0.05) is 5.69 Å². The van der Waals surface area contributed by atoms with Crippen molar-refractivity contribution in [3.05, 3.63) is 58.7 Å². The van der Waals surface area contributed by atoms with Crippen molar-refractivity contribution in [2.24, 2.45) is 0 Å². The number of carbonyl (C=O) groups excluding carboxylic acids is 1. The molecule has 0 saturated carbocycles. The summed E-state index contributed by atoms with van der Waals surface area (Å²) in [5.41, 5.74) is 3.30. The minimum absolute atomic E-state index is 0.0128. The van der Waals surface area contributed by atoms with Crippen molar-refractivity contribution in [3.63, 3.8) is 0 Å². The highest BCUT2D eigenvalue weighted by Gasteiger charge is 2.13. The third kappa shape index (κ3) is 4.42. The predicted octanol–water partition coefficient (Wildman–Crippen LogP) is 4.26. The quantitative estimate of drug-likeness (QED) is 0.624. The molecule has 2 rings (SSSR count). The lowest BCUT2D eigenvalue weighted by molar-refractivity contribution is -0.112. The van der Waals surface area contributed by atoms with E-state index < -0.39 is 5.91 Å². The van der Waals surface area contributed by atoms with Crippen molar-refractivity contribution < 1.29 is 14.3 Å². The molecule has 1 N–H and O–H groups in total. The Bertz CT molecular complexity index is 859. The van der Waals surface area contributed by atoms with Gasteiger partial charge in [-0.1, -0.05) is 24.3 Å². The minimum Gasteiger partial charge on any atom is -0.493 e. The molecule has 0 aliphatic heterocycles. The molecule has 0 radical (unpaired) electrons. The van der Waals surface area contributed by atoms with Gasteiger partial charge in [-0.15, -0.1) is 0 Å². The van der Waals surface area contributed by atoms with Crippen LogP contribution >= 0.6 is 0 Å². The maximum absolute atomic E-state index is 12.5. The second-order valence-corrected chi connectivity index (χ2v) is 5.73. The third-order valence-corrected chi connectivity index (χ3v) is 3.88. The molecule has 2 aromatic carbocycles. The second-order valence-electron chi connectivity index (χ2n) is 5.73. The van der Waals surface area contributed by atoms with E-state index in [9.17, 15) is 10.1 Å². The molecule has 0 heterocycles. The van der Waals surface area contributed by atoms with Gasteiger partial charge in [0.25, 0.3) is 5.91 Å². The van der Waals surface area contributed by atoms with Gasteiger partial charge in [0.05, 0.1) is 13.7 Å². The summed E-state index contributed by atoms with van der Waals surface area (Å²) in [6.45, 7) is 6.23. The van der Waals surface area contributed by atoms with E-state index >= 15 is 0 Å². The third-order valence-electron chi connectivity index (χ3n) is 3.88. The van der Waals surface area contributed by atoms with E-state index in [0.717, 1.165) is 16.8 Å². The molecular weight excluding hydrogens is 328 g/mol. The largest absolute Gasteiger partial charge is 0.493 e. The number of nitriles is 1. The van der Waals surface area contributed by atoms with E-state index in [1.165, 1.54) is 6.08 Å². The van der Waals surface area contributed by atoms with Crippen LogP contribution in [0.3, 0.4) is 0 Å². The highest BCUT2D eigenvalue weighted by molar-refractivity contribution is 6.10. The van der Waals surface area contributed by atoms with Crippen LogP contribution in [0.1, 0.15) is 23.6 Å². The van der Waals surface area contributed by atoms with Gasteiger partial charge in [-0.05, 0) is 55.7 Å². The molecule has 0 saturated heterocycles. The monoisotopic (exact) mass is 350 g/mol. The second kappa shape index (κ2) is 8.72. The zero-order chi connectivity index (χ0) is 19.1. The van der Waals surface area contributed by atoms with E-state index in [0.29, 0.717) is 23.7 Å². The van der Waals surface area contributed by atoms with Crippen molar-refractivity contribution in [1.29, 1.82) is 5.26 Å². The summed E-state index contributed by atoms with van der Waals surface area (Å²) in [4.78, 5) is 12.5. The van der Waals surface area contributed by atoms with Crippen LogP contribution in [-0.2, 0) is 4.79 Å². The Morgan fingerprint density at radius 3 is 2.46 bits per heavy atom. The molecule has 0 atom stereocenters. The zero-order valence-corrected chi connectivity index (χ0v) is 15.4. The smallest absolute Gasteiger partial charge is 0.266 e. The first kappa shape index (κ1) is 19.1. The molecule has 2 aromatic rings. The van der Waals surface area contributed by atoms with Gasteiger partial charge >= 0.3 is 0 Å². The standard InChI is InChI=1S/C21H22N2O3/c1-5-26-18-10-9-16(12-19(18)25-4)11-17(13-22)21(24)23-20-14(2)7-6-8-15(20)3/h6-12H,5H2,1-4H3,(H,23,24)/b17-11+. The number of carbonyl (C=O) groups is 1. The first-order valence-electron chi connectivity index (χ1n) is 8.30. The number of anilines is 1. The van der Waals surface area contributed by atoms with Crippen LogP contribution in [0.15, 0.2) is 42.0 Å². The Hall–Kier alpha value is -3.26. The van der Waals surface area contributed by atoms with E-state index in [2.05, 4.69) is 5.32 Å². The molecule has 26 heavy (non-hydrogen) atoms. The number of ether oxygens (including phenoxy) is 2. The Morgan fingerprint density at radius 2 is 1.88 bits per heavy atom. The van der Waals surface area contributed by atoms with Gasteiger partial charge in [-0.2, -0.15) is 5.26 Å². The van der Waals surface area contributed by atoms with Crippen LogP contribution in [0.25, 0.3) is 6.08 Å². The predicted molar refractivity (Wildman–Crippen MR) is 102 cm³/mol. The molecule has 0 fully saturated rings. The zero-order valence-electron chi connectivity index (χ0n) is 15.4. The molecule has 1 amide bonds. The van der Waals surface area contributed by atoms with E-state index in [1.807, 2.05) is 45.0 Å². The van der Waals surface area contributed by atoms with Crippen LogP contribution in [0, 0.1) is 25.2 Å². The summed E-state index contributed by atoms with van der Waals surface area (Å²) < 4.78 is 10.8. The van der Waals surface area contributed by atoms with Crippen LogP contribution in [0.5, 0.6) is 11.5 Å². The Balaban J connectivity index is 2.30. The molecule has 0 spiro atoms. The summed E-state index contributed by atoms with van der Waals surface area (Å²) >= 11 is 0. The Morgan fingerprint density at radius 1 is 1.19 bits per heavy atom. The van der Waals surface area contributed by atoms with E-state index in [4.69, 9.17) is 9.47 Å². The van der Waals surface area contributed by atoms with Crippen LogP contribution in [-0.4, -0.2) is 19.6 Å². The molecule has 0 unspecified atom stereocenters. The number of nitrogens with zero attached hydrogens (tertiary/aromatic N) is 1. The first-order valence-corrected chi connectivity index (χ1v) is 8.30. The topological polar surface area (TPSA) is 71.3 Å². The summed E-state index contributed by atoms with van der Waals surface area (Å²) in [6.07, 6.45) is 1.53. The normalized spacial score (nSPS) is 10.8. The fourth-order valence-corrected chi connectivity index (χ4v) is 2.56. The molecule has 0 aromatic heterocycles. The van der Waals surface area contributed by atoms with E-state index in [-0.39, 0.29) is 5.57 Å². The SMILES string of the molecule is CCOc1ccc(/C=C(\C#N)C(=O)Nc2c(C)cccc2C)cc1OC. The average molecular weight is 350 g/mol. The number of para-hydroxylation sites is 1. The number of rotatable bonds is 6. The van der Waals surface area contributed by atoms with Crippen molar-refractivity contribution in [2.45, 2.75) is 20.8 Å². The van der Waals surface area contributed by atoms with Crippen molar-refractivity contribution >= 4 is 17.7 Å². The first-order chi connectivity index (χ1) is 12.5. The van der Waals surface area contributed by atoms with Gasteiger partial charge in [-0.3, -0.25) is 4.79 Å². The number of nitrogens with one attached hydrogen (secondary N) is 1. The summed E-state index contributed by atoms with van der Waals surface area (Å²) in [5, 5.41) is 12.2. The van der Waals surface area contributed by atoms with Gasteiger partial charge in [0.1, 0.15) is 11.6 Å². The molecule has 0 aliphatic rings. The number of amides is 1. The number of hydrogen-bond acceptors (Lipinski definition) is 4.